The molecule has 262 valence electrons. The van der Waals surface area contributed by atoms with Crippen molar-refractivity contribution in [2.75, 3.05) is 26.0 Å². The molecule has 47 heavy (non-hydrogen) atoms. The summed E-state index contributed by atoms with van der Waals surface area (Å²) in [6.07, 6.45) is 5.91. The zero-order valence-corrected chi connectivity index (χ0v) is 28.2. The van der Waals surface area contributed by atoms with Gasteiger partial charge in [0, 0.05) is 55.8 Å². The van der Waals surface area contributed by atoms with Gasteiger partial charge in [-0.3, -0.25) is 9.78 Å². The van der Waals surface area contributed by atoms with E-state index < -0.39 is 40.7 Å². The molecule has 1 saturated carbocycles. The van der Waals surface area contributed by atoms with E-state index in [2.05, 4.69) is 36.9 Å². The van der Waals surface area contributed by atoms with E-state index in [0.717, 1.165) is 69.6 Å². The molecule has 1 aromatic carbocycles. The van der Waals surface area contributed by atoms with Crippen LogP contribution in [0.5, 0.6) is 0 Å². The summed E-state index contributed by atoms with van der Waals surface area (Å²) in [4.78, 5) is 27.4. The molecule has 2 amide bonds. The maximum Gasteiger partial charge on any atom is 0.417 e. The third-order valence-corrected chi connectivity index (χ3v) is 10.1. The van der Waals surface area contributed by atoms with Crippen LogP contribution in [0.1, 0.15) is 69.4 Å². The third-order valence-electron chi connectivity index (χ3n) is 8.21. The number of benzene rings is 1. The number of alkyl halides is 3. The first-order valence-electron chi connectivity index (χ1n) is 15.9. The van der Waals surface area contributed by atoms with Crippen molar-refractivity contribution in [1.82, 2.24) is 25.2 Å². The second kappa shape index (κ2) is 19.3. The largest absolute Gasteiger partial charge is 0.453 e. The zero-order chi connectivity index (χ0) is 34.4. The van der Waals surface area contributed by atoms with Gasteiger partial charge in [0.2, 0.25) is 5.91 Å². The number of piperazine rings is 1. The Labute approximate surface area is 281 Å². The van der Waals surface area contributed by atoms with Crippen molar-refractivity contribution < 1.29 is 36.1 Å². The predicted molar refractivity (Wildman–Crippen MR) is 174 cm³/mol. The van der Waals surface area contributed by atoms with Crippen LogP contribution >= 0.6 is 11.6 Å². The molecule has 0 spiro atoms. The number of carbonyl (C=O) groups is 2. The number of carbonyl (C=O) groups excluding carboxylic acids is 2. The predicted octanol–water partition coefficient (Wildman–Crippen LogP) is 5.79. The quantitative estimate of drug-likeness (QED) is 0.328. The highest BCUT2D eigenvalue weighted by Gasteiger charge is 2.32. The average molecular weight is 706 g/mol. The van der Waals surface area contributed by atoms with Crippen LogP contribution in [-0.4, -0.2) is 75.6 Å². The topological polar surface area (TPSA) is 113 Å². The van der Waals surface area contributed by atoms with Crippen LogP contribution in [0, 0.1) is 5.82 Å². The minimum atomic E-state index is -4.27. The standard InChI is InChI=1S/C17H22ClFN2O3.C9H18N2OS.C6H4F3N/c1-24-17(23)21-15(10-11-7-8-13(18)14(19)9-11)16(22)20-12-5-3-2-4-6-12;1-2-9-6-10-8-4-3-5-13(12)11(9)7-8;7-6(8,9)5-2-1-3-10-4-5/h7-9,12,15H,2-6,10H2,1H3,(H,20,22)(H,21,23);8-10H,2-7H2,1H3;1-4H/t;8-,9?,13?;/m.1./s1. The fourth-order valence-corrected chi connectivity index (χ4v) is 7.26. The summed E-state index contributed by atoms with van der Waals surface area (Å²) < 4.78 is 67.4. The second-order valence-electron chi connectivity index (χ2n) is 11.7. The lowest BCUT2D eigenvalue weighted by atomic mass is 9.95. The van der Waals surface area contributed by atoms with E-state index in [1.165, 1.54) is 44.3 Å². The van der Waals surface area contributed by atoms with E-state index in [1.807, 2.05) is 0 Å². The molecule has 4 unspecified atom stereocenters. The number of halogens is 5. The number of methoxy groups -OCH3 is 1. The summed E-state index contributed by atoms with van der Waals surface area (Å²) in [5, 5.41) is 9.03. The van der Waals surface area contributed by atoms with E-state index in [1.54, 1.807) is 6.07 Å². The molecule has 3 aliphatic rings. The molecule has 2 bridgehead atoms. The van der Waals surface area contributed by atoms with Crippen molar-refractivity contribution in [3.05, 3.63) is 64.7 Å². The number of nitrogens with zero attached hydrogens (tertiary/aromatic N) is 2. The highest BCUT2D eigenvalue weighted by Crippen LogP contribution is 2.27. The van der Waals surface area contributed by atoms with E-state index in [0.29, 0.717) is 17.6 Å². The molecule has 3 fully saturated rings. The van der Waals surface area contributed by atoms with Crippen LogP contribution in [-0.2, 0) is 33.1 Å². The summed E-state index contributed by atoms with van der Waals surface area (Å²) >= 11 is 5.67. The van der Waals surface area contributed by atoms with E-state index in [4.69, 9.17) is 11.6 Å². The lowest BCUT2D eigenvalue weighted by Crippen LogP contribution is -2.55. The Morgan fingerprint density at radius 2 is 1.91 bits per heavy atom. The van der Waals surface area contributed by atoms with Gasteiger partial charge in [-0.2, -0.15) is 13.2 Å². The molecular weight excluding hydrogens is 662 g/mol. The highest BCUT2D eigenvalue weighted by atomic mass is 35.5. The number of hydrogen-bond donors (Lipinski definition) is 3. The van der Waals surface area contributed by atoms with Crippen molar-refractivity contribution in [3.63, 3.8) is 0 Å². The van der Waals surface area contributed by atoms with Gasteiger partial charge in [-0.25, -0.2) is 17.7 Å². The number of fused-ring (bicyclic) bond motifs is 2. The molecule has 1 aromatic heterocycles. The van der Waals surface area contributed by atoms with E-state index in [-0.39, 0.29) is 23.4 Å². The van der Waals surface area contributed by atoms with Crippen molar-refractivity contribution in [2.24, 2.45) is 0 Å². The van der Waals surface area contributed by atoms with Crippen LogP contribution < -0.4 is 16.0 Å². The van der Waals surface area contributed by atoms with Gasteiger partial charge < -0.3 is 20.7 Å². The minimum Gasteiger partial charge on any atom is -0.453 e. The zero-order valence-electron chi connectivity index (χ0n) is 26.7. The van der Waals surface area contributed by atoms with Gasteiger partial charge in [0.25, 0.3) is 0 Å². The monoisotopic (exact) mass is 705 g/mol. The summed E-state index contributed by atoms with van der Waals surface area (Å²) in [6.45, 7) is 4.19. The Morgan fingerprint density at radius 3 is 2.51 bits per heavy atom. The Kier molecular flexibility index (Phi) is 15.8. The Hall–Kier alpha value is -2.81. The summed E-state index contributed by atoms with van der Waals surface area (Å²) in [5.41, 5.74) is -0.146. The van der Waals surface area contributed by atoms with Crippen molar-refractivity contribution in [2.45, 2.75) is 95.1 Å². The molecule has 5 rings (SSSR count). The Balaban J connectivity index is 0.000000217. The lowest BCUT2D eigenvalue weighted by molar-refractivity contribution is -0.137. The smallest absolute Gasteiger partial charge is 0.417 e. The average Bonchev–Trinajstić information content (AvgIpc) is 3.21. The highest BCUT2D eigenvalue weighted by molar-refractivity contribution is 7.82. The Bertz CT molecular complexity index is 1300. The van der Waals surface area contributed by atoms with Gasteiger partial charge in [-0.1, -0.05) is 43.9 Å². The van der Waals surface area contributed by atoms with Crippen LogP contribution in [0.3, 0.4) is 0 Å². The minimum absolute atomic E-state index is 0.0166. The first-order chi connectivity index (χ1) is 22.4. The van der Waals surface area contributed by atoms with Crippen molar-refractivity contribution in [1.29, 1.82) is 0 Å². The number of pyridine rings is 1. The van der Waals surface area contributed by atoms with Gasteiger partial charge in [0.05, 0.1) is 28.7 Å². The molecule has 2 aromatic rings. The molecule has 1 aliphatic carbocycles. The molecule has 3 N–H and O–H groups in total. The number of aromatic nitrogens is 1. The number of ether oxygens (including phenoxy) is 1. The Morgan fingerprint density at radius 1 is 1.17 bits per heavy atom. The molecule has 2 aliphatic heterocycles. The van der Waals surface area contributed by atoms with Gasteiger partial charge in [-0.05, 0) is 61.9 Å². The molecular formula is C32H44ClF4N5O4S. The van der Waals surface area contributed by atoms with Gasteiger partial charge in [0.15, 0.2) is 0 Å². The molecule has 5 atom stereocenters. The van der Waals surface area contributed by atoms with Gasteiger partial charge in [0.1, 0.15) is 11.9 Å². The fraction of sp³-hybridized carbons (Fsp3) is 0.594. The molecule has 15 heteroatoms. The first-order valence-corrected chi connectivity index (χ1v) is 17.5. The lowest BCUT2D eigenvalue weighted by Gasteiger charge is -2.36. The third kappa shape index (κ3) is 13.0. The molecule has 0 radical (unpaired) electrons. The van der Waals surface area contributed by atoms with E-state index in [9.17, 15) is 31.4 Å². The number of alkyl carbamates (subject to hydrolysis) is 1. The maximum atomic E-state index is 13.6. The molecule has 2 saturated heterocycles. The SMILES string of the molecule is CCC1CN[C@@H]2CCCS(=O)N1C2.COC(=O)NC(Cc1ccc(Cl)c(F)c1)C(=O)NC1CCCCC1.FC(F)(F)c1cccnc1. The summed E-state index contributed by atoms with van der Waals surface area (Å²) in [5.74, 6) is 0.0237. The van der Waals surface area contributed by atoms with Crippen LogP contribution in [0.4, 0.5) is 22.4 Å². The molecule has 3 heterocycles. The van der Waals surface area contributed by atoms with E-state index >= 15 is 0 Å². The fourth-order valence-electron chi connectivity index (χ4n) is 5.59. The normalized spacial score (nSPS) is 23.4. The van der Waals surface area contributed by atoms with Crippen molar-refractivity contribution in [3.8, 4) is 0 Å². The maximum absolute atomic E-state index is 13.6. The number of amides is 2. The van der Waals surface area contributed by atoms with Gasteiger partial charge >= 0.3 is 12.3 Å². The van der Waals surface area contributed by atoms with Crippen LogP contribution in [0.15, 0.2) is 42.7 Å². The number of rotatable bonds is 6. The summed E-state index contributed by atoms with van der Waals surface area (Å²) in [7, 11) is 0.528. The first kappa shape index (κ1) is 38.6. The van der Waals surface area contributed by atoms with Gasteiger partial charge in [-0.15, -0.1) is 0 Å². The summed E-state index contributed by atoms with van der Waals surface area (Å²) in [6, 6.07) is 6.93. The van der Waals surface area contributed by atoms with Crippen LogP contribution in [0.25, 0.3) is 0 Å². The molecule has 9 nitrogen and oxygen atoms in total. The van der Waals surface area contributed by atoms with Crippen LogP contribution in [0.2, 0.25) is 5.02 Å². The second-order valence-corrected chi connectivity index (χ2v) is 13.6. The number of nitrogens with one attached hydrogen (secondary N) is 3. The number of hydrogen-bond acceptors (Lipinski definition) is 6. The van der Waals surface area contributed by atoms with Crippen molar-refractivity contribution >= 4 is 34.6 Å².